The Kier molecular flexibility index (Phi) is 2.34. The average Bonchev–Trinajstić information content (AvgIpc) is 2.01. The lowest BCUT2D eigenvalue weighted by atomic mass is 10.3. The molecule has 3 heteroatoms. The predicted molar refractivity (Wildman–Crippen MR) is 38.8 cm³/mol. The van der Waals surface area contributed by atoms with Crippen molar-refractivity contribution < 1.29 is 4.39 Å². The van der Waals surface area contributed by atoms with Crippen LogP contribution in [0.25, 0.3) is 6.08 Å². The first-order chi connectivity index (χ1) is 5.33. The number of hydrogen-bond donors (Lipinski definition) is 0. The van der Waals surface area contributed by atoms with Crippen molar-refractivity contribution in [1.82, 2.24) is 4.98 Å². The molecule has 0 radical (unpaired) electrons. The lowest BCUT2D eigenvalue weighted by molar-refractivity contribution is 0.583. The van der Waals surface area contributed by atoms with Gasteiger partial charge in [0, 0.05) is 6.08 Å². The standard InChI is InChI=1S/C8H5FN2/c9-8-5-1-3-7(11-8)4-2-6-10/h1-5H. The lowest BCUT2D eigenvalue weighted by Crippen LogP contribution is -1.83. The predicted octanol–water partition coefficient (Wildman–Crippen LogP) is 1.76. The Hall–Kier alpha value is -1.69. The van der Waals surface area contributed by atoms with Crippen molar-refractivity contribution in [3.8, 4) is 6.07 Å². The molecular weight excluding hydrogens is 143 g/mol. The van der Waals surface area contributed by atoms with E-state index in [1.54, 1.807) is 18.2 Å². The van der Waals surface area contributed by atoms with E-state index in [1.807, 2.05) is 0 Å². The van der Waals surface area contributed by atoms with Crippen LogP contribution in [0, 0.1) is 17.3 Å². The van der Waals surface area contributed by atoms with Crippen LogP contribution >= 0.6 is 0 Å². The minimum atomic E-state index is -0.537. The van der Waals surface area contributed by atoms with Gasteiger partial charge in [0.05, 0.1) is 11.8 Å². The largest absolute Gasteiger partial charge is 0.220 e. The van der Waals surface area contributed by atoms with E-state index in [-0.39, 0.29) is 0 Å². The molecule has 0 amide bonds. The van der Waals surface area contributed by atoms with Crippen LogP contribution in [0.15, 0.2) is 24.3 Å². The molecule has 0 N–H and O–H groups in total. The van der Waals surface area contributed by atoms with Crippen LogP contribution in [0.3, 0.4) is 0 Å². The fraction of sp³-hybridized carbons (Fsp3) is 0. The maximum atomic E-state index is 12.4. The molecule has 1 heterocycles. The summed E-state index contributed by atoms with van der Waals surface area (Å²) in [5.74, 6) is -0.537. The van der Waals surface area contributed by atoms with Crippen LogP contribution in [-0.2, 0) is 0 Å². The summed E-state index contributed by atoms with van der Waals surface area (Å²) in [5, 5.41) is 8.14. The van der Waals surface area contributed by atoms with Crippen molar-refractivity contribution in [3.63, 3.8) is 0 Å². The van der Waals surface area contributed by atoms with Gasteiger partial charge in [0.15, 0.2) is 0 Å². The lowest BCUT2D eigenvalue weighted by Gasteiger charge is -1.89. The molecule has 0 bridgehead atoms. The van der Waals surface area contributed by atoms with Crippen molar-refractivity contribution in [3.05, 3.63) is 35.9 Å². The molecule has 54 valence electrons. The van der Waals surface area contributed by atoms with E-state index < -0.39 is 5.95 Å². The molecule has 11 heavy (non-hydrogen) atoms. The van der Waals surface area contributed by atoms with Gasteiger partial charge in [0.25, 0.3) is 0 Å². The Morgan fingerprint density at radius 3 is 3.00 bits per heavy atom. The van der Waals surface area contributed by atoms with Gasteiger partial charge in [-0.15, -0.1) is 0 Å². The van der Waals surface area contributed by atoms with E-state index in [0.717, 1.165) is 0 Å². The van der Waals surface area contributed by atoms with Crippen LogP contribution in [0.1, 0.15) is 5.69 Å². The number of pyridine rings is 1. The van der Waals surface area contributed by atoms with Crippen LogP contribution < -0.4 is 0 Å². The molecule has 1 aromatic heterocycles. The fourth-order valence-corrected chi connectivity index (χ4v) is 0.639. The number of rotatable bonds is 1. The molecule has 2 nitrogen and oxygen atoms in total. The molecule has 1 rings (SSSR count). The molecule has 0 aromatic carbocycles. The van der Waals surface area contributed by atoms with Crippen LogP contribution in [0.4, 0.5) is 4.39 Å². The second-order valence-corrected chi connectivity index (χ2v) is 1.85. The van der Waals surface area contributed by atoms with Gasteiger partial charge in [0.2, 0.25) is 5.95 Å². The highest BCUT2D eigenvalue weighted by Gasteiger charge is 1.89. The van der Waals surface area contributed by atoms with Gasteiger partial charge in [-0.1, -0.05) is 6.07 Å². The molecule has 0 aliphatic heterocycles. The van der Waals surface area contributed by atoms with Gasteiger partial charge < -0.3 is 0 Å². The zero-order valence-electron chi connectivity index (χ0n) is 5.66. The summed E-state index contributed by atoms with van der Waals surface area (Å²) in [6.45, 7) is 0. The Balaban J connectivity index is 2.90. The average molecular weight is 148 g/mol. The number of hydrogen-bond acceptors (Lipinski definition) is 2. The summed E-state index contributed by atoms with van der Waals surface area (Å²) in [6, 6.07) is 6.21. The Bertz CT molecular complexity index is 312. The normalized spacial score (nSPS) is 9.82. The van der Waals surface area contributed by atoms with Crippen molar-refractivity contribution in [1.29, 1.82) is 5.26 Å². The molecule has 0 aliphatic rings. The molecule has 0 unspecified atom stereocenters. The van der Waals surface area contributed by atoms with Gasteiger partial charge in [-0.25, -0.2) is 4.98 Å². The third kappa shape index (κ3) is 2.18. The van der Waals surface area contributed by atoms with E-state index in [9.17, 15) is 4.39 Å². The van der Waals surface area contributed by atoms with E-state index in [0.29, 0.717) is 5.69 Å². The summed E-state index contributed by atoms with van der Waals surface area (Å²) in [5.41, 5.74) is 0.451. The monoisotopic (exact) mass is 148 g/mol. The quantitative estimate of drug-likeness (QED) is 0.449. The Morgan fingerprint density at radius 1 is 1.55 bits per heavy atom. The van der Waals surface area contributed by atoms with E-state index in [1.165, 1.54) is 18.2 Å². The third-order valence-electron chi connectivity index (χ3n) is 1.07. The molecule has 0 atom stereocenters. The number of aromatic nitrogens is 1. The highest BCUT2D eigenvalue weighted by atomic mass is 19.1. The smallest absolute Gasteiger partial charge is 0.213 e. The topological polar surface area (TPSA) is 36.7 Å². The SMILES string of the molecule is N#CC=Cc1cccc(F)n1. The van der Waals surface area contributed by atoms with Crippen molar-refractivity contribution in [2.24, 2.45) is 0 Å². The fourth-order valence-electron chi connectivity index (χ4n) is 0.639. The summed E-state index contributed by atoms with van der Waals surface area (Å²) in [7, 11) is 0. The maximum absolute atomic E-state index is 12.4. The number of nitriles is 1. The first-order valence-electron chi connectivity index (χ1n) is 3.01. The van der Waals surface area contributed by atoms with Gasteiger partial charge in [-0.2, -0.15) is 9.65 Å². The van der Waals surface area contributed by atoms with E-state index in [4.69, 9.17) is 5.26 Å². The summed E-state index contributed by atoms with van der Waals surface area (Å²) >= 11 is 0. The Labute approximate surface area is 63.6 Å². The van der Waals surface area contributed by atoms with Crippen LogP contribution in [-0.4, -0.2) is 4.98 Å². The molecule has 0 saturated carbocycles. The maximum Gasteiger partial charge on any atom is 0.213 e. The summed E-state index contributed by atoms with van der Waals surface area (Å²) in [4.78, 5) is 3.51. The molecular formula is C8H5FN2. The van der Waals surface area contributed by atoms with Crippen molar-refractivity contribution >= 4 is 6.08 Å². The molecule has 0 fully saturated rings. The summed E-state index contributed by atoms with van der Waals surface area (Å²) in [6.07, 6.45) is 2.70. The van der Waals surface area contributed by atoms with Gasteiger partial charge >= 0.3 is 0 Å². The molecule has 0 saturated heterocycles. The highest BCUT2D eigenvalue weighted by Crippen LogP contribution is 1.98. The molecule has 0 aliphatic carbocycles. The first kappa shape index (κ1) is 7.42. The van der Waals surface area contributed by atoms with Crippen LogP contribution in [0.2, 0.25) is 0 Å². The summed E-state index contributed by atoms with van der Waals surface area (Å²) < 4.78 is 12.4. The van der Waals surface area contributed by atoms with E-state index >= 15 is 0 Å². The highest BCUT2D eigenvalue weighted by molar-refractivity contribution is 5.46. The van der Waals surface area contributed by atoms with Crippen LogP contribution in [0.5, 0.6) is 0 Å². The number of allylic oxidation sites excluding steroid dienone is 1. The first-order valence-corrected chi connectivity index (χ1v) is 3.01. The zero-order valence-corrected chi connectivity index (χ0v) is 5.66. The van der Waals surface area contributed by atoms with Gasteiger partial charge in [-0.3, -0.25) is 0 Å². The van der Waals surface area contributed by atoms with Gasteiger partial charge in [0.1, 0.15) is 0 Å². The second-order valence-electron chi connectivity index (χ2n) is 1.85. The van der Waals surface area contributed by atoms with Gasteiger partial charge in [-0.05, 0) is 18.2 Å². The zero-order chi connectivity index (χ0) is 8.10. The number of halogens is 1. The van der Waals surface area contributed by atoms with E-state index in [2.05, 4.69) is 4.98 Å². The minimum Gasteiger partial charge on any atom is -0.220 e. The number of nitrogens with zero attached hydrogens (tertiary/aromatic N) is 2. The minimum absolute atomic E-state index is 0.451. The molecule has 1 aromatic rings. The van der Waals surface area contributed by atoms with Crippen molar-refractivity contribution in [2.45, 2.75) is 0 Å². The Morgan fingerprint density at radius 2 is 2.36 bits per heavy atom. The molecule has 0 spiro atoms. The third-order valence-corrected chi connectivity index (χ3v) is 1.07. The second kappa shape index (κ2) is 3.47. The van der Waals surface area contributed by atoms with Crippen molar-refractivity contribution in [2.75, 3.05) is 0 Å².